The molecule has 1 atom stereocenters. The number of aromatic nitrogens is 2. The van der Waals surface area contributed by atoms with Crippen LogP contribution in [0.3, 0.4) is 0 Å². The first kappa shape index (κ1) is 14.7. The van der Waals surface area contributed by atoms with Crippen molar-refractivity contribution in [3.05, 3.63) is 32.6 Å². The number of nitrogens with one attached hydrogen (secondary N) is 1. The third-order valence-electron chi connectivity index (χ3n) is 3.45. The van der Waals surface area contributed by atoms with E-state index in [1.54, 1.807) is 6.92 Å². The minimum Gasteiger partial charge on any atom is -0.379 e. The summed E-state index contributed by atoms with van der Waals surface area (Å²) in [6.07, 6.45) is 1.19. The van der Waals surface area contributed by atoms with E-state index >= 15 is 0 Å². The van der Waals surface area contributed by atoms with Crippen molar-refractivity contribution in [1.29, 1.82) is 0 Å². The number of Topliss-reactive ketones (excluding diaryl/α,β-unsaturated/α-hetero) is 1. The number of hydrogen-bond donors (Lipinski definition) is 1. The smallest absolute Gasteiger partial charge is 0.328 e. The lowest BCUT2D eigenvalue weighted by Crippen LogP contribution is -2.45. The molecule has 20 heavy (non-hydrogen) atoms. The molecular formula is C13H19N3O4. The van der Waals surface area contributed by atoms with Gasteiger partial charge in [-0.2, -0.15) is 0 Å². The van der Waals surface area contributed by atoms with Gasteiger partial charge < -0.3 is 9.72 Å². The van der Waals surface area contributed by atoms with E-state index in [0.29, 0.717) is 19.8 Å². The average molecular weight is 281 g/mol. The fourth-order valence-electron chi connectivity index (χ4n) is 2.38. The lowest BCUT2D eigenvalue weighted by atomic mass is 10.2. The molecule has 1 fully saturated rings. The Kier molecular flexibility index (Phi) is 4.51. The number of ketones is 1. The zero-order valence-corrected chi connectivity index (χ0v) is 11.7. The van der Waals surface area contributed by atoms with Crippen LogP contribution in [0.2, 0.25) is 0 Å². The summed E-state index contributed by atoms with van der Waals surface area (Å²) in [6, 6.07) is -0.302. The molecule has 1 aliphatic heterocycles. The normalized spacial score (nSPS) is 17.9. The topological polar surface area (TPSA) is 84.4 Å². The lowest BCUT2D eigenvalue weighted by molar-refractivity contribution is 0.0321. The minimum atomic E-state index is -0.526. The first-order chi connectivity index (χ1) is 9.50. The van der Waals surface area contributed by atoms with Gasteiger partial charge in [0.2, 0.25) is 0 Å². The van der Waals surface area contributed by atoms with E-state index in [0.717, 1.165) is 17.7 Å². The summed E-state index contributed by atoms with van der Waals surface area (Å²) in [4.78, 5) is 40.0. The molecule has 0 spiro atoms. The molecule has 0 aromatic carbocycles. The summed E-state index contributed by atoms with van der Waals surface area (Å²) in [6.45, 7) is 6.57. The maximum Gasteiger partial charge on any atom is 0.328 e. The van der Waals surface area contributed by atoms with Gasteiger partial charge in [-0.15, -0.1) is 0 Å². The third kappa shape index (κ3) is 3.05. The molecule has 1 aliphatic rings. The standard InChI is InChI=1S/C13H19N3O4/c1-9(8-15-3-5-20-6-4-15)16-12(18)11(10(2)17)7-14-13(16)19/h7,9H,3-6,8H2,1-2H3,(H,14,19). The largest absolute Gasteiger partial charge is 0.379 e. The van der Waals surface area contributed by atoms with E-state index in [-0.39, 0.29) is 17.4 Å². The van der Waals surface area contributed by atoms with Crippen LogP contribution in [0.4, 0.5) is 0 Å². The first-order valence-electron chi connectivity index (χ1n) is 6.66. The molecule has 2 heterocycles. The van der Waals surface area contributed by atoms with Crippen LogP contribution >= 0.6 is 0 Å². The Balaban J connectivity index is 2.26. The molecule has 1 unspecified atom stereocenters. The molecule has 0 saturated carbocycles. The summed E-state index contributed by atoms with van der Waals surface area (Å²) < 4.78 is 6.38. The molecule has 1 aromatic heterocycles. The highest BCUT2D eigenvalue weighted by Crippen LogP contribution is 2.06. The average Bonchev–Trinajstić information content (AvgIpc) is 2.39. The second-order valence-electron chi connectivity index (χ2n) is 5.00. The van der Waals surface area contributed by atoms with Gasteiger partial charge in [-0.05, 0) is 13.8 Å². The Labute approximate surface area is 116 Å². The van der Waals surface area contributed by atoms with Crippen LogP contribution in [-0.4, -0.2) is 53.1 Å². The minimum absolute atomic E-state index is 0.0124. The Morgan fingerprint density at radius 1 is 1.40 bits per heavy atom. The summed E-state index contributed by atoms with van der Waals surface area (Å²) in [5.74, 6) is -0.349. The van der Waals surface area contributed by atoms with Crippen LogP contribution in [0.1, 0.15) is 30.2 Å². The van der Waals surface area contributed by atoms with Crippen LogP contribution < -0.4 is 11.2 Å². The molecule has 1 saturated heterocycles. The molecule has 0 amide bonds. The summed E-state index contributed by atoms with van der Waals surface area (Å²) in [5, 5.41) is 0. The van der Waals surface area contributed by atoms with Crippen molar-refractivity contribution in [2.45, 2.75) is 19.9 Å². The van der Waals surface area contributed by atoms with Crippen LogP contribution in [0.5, 0.6) is 0 Å². The fourth-order valence-corrected chi connectivity index (χ4v) is 2.38. The molecule has 7 heteroatoms. The Morgan fingerprint density at radius 3 is 2.65 bits per heavy atom. The zero-order valence-electron chi connectivity index (χ0n) is 11.7. The number of carbonyl (C=O) groups excluding carboxylic acids is 1. The first-order valence-corrected chi connectivity index (χ1v) is 6.66. The molecule has 0 aliphatic carbocycles. The molecule has 0 radical (unpaired) electrons. The van der Waals surface area contributed by atoms with E-state index in [4.69, 9.17) is 4.74 Å². The summed E-state index contributed by atoms with van der Waals surface area (Å²) in [7, 11) is 0. The van der Waals surface area contributed by atoms with Gasteiger partial charge >= 0.3 is 5.69 Å². The lowest BCUT2D eigenvalue weighted by Gasteiger charge is -2.29. The Bertz CT molecular complexity index is 598. The van der Waals surface area contributed by atoms with Gasteiger partial charge in [0.15, 0.2) is 5.78 Å². The van der Waals surface area contributed by atoms with Crippen molar-refractivity contribution in [1.82, 2.24) is 14.5 Å². The predicted octanol–water partition coefficient (Wildman–Crippen LogP) is -0.368. The summed E-state index contributed by atoms with van der Waals surface area (Å²) >= 11 is 0. The molecule has 0 bridgehead atoms. The van der Waals surface area contributed by atoms with Gasteiger partial charge in [0, 0.05) is 25.8 Å². The highest BCUT2D eigenvalue weighted by Gasteiger charge is 2.19. The van der Waals surface area contributed by atoms with E-state index in [1.807, 2.05) is 0 Å². The second kappa shape index (κ2) is 6.15. The van der Waals surface area contributed by atoms with Gasteiger partial charge in [-0.3, -0.25) is 19.1 Å². The van der Waals surface area contributed by atoms with Gasteiger partial charge in [0.1, 0.15) is 0 Å². The number of ether oxygens (including phenoxy) is 1. The maximum atomic E-state index is 12.2. The number of morpholine rings is 1. The number of carbonyl (C=O) groups is 1. The number of H-pyrrole nitrogens is 1. The van der Waals surface area contributed by atoms with E-state index in [2.05, 4.69) is 9.88 Å². The van der Waals surface area contributed by atoms with Crippen LogP contribution in [0.25, 0.3) is 0 Å². The number of aromatic amines is 1. The zero-order chi connectivity index (χ0) is 14.7. The maximum absolute atomic E-state index is 12.2. The van der Waals surface area contributed by atoms with Crippen molar-refractivity contribution >= 4 is 5.78 Å². The summed E-state index contributed by atoms with van der Waals surface area (Å²) in [5.41, 5.74) is -0.999. The highest BCUT2D eigenvalue weighted by atomic mass is 16.5. The molecular weight excluding hydrogens is 262 g/mol. The van der Waals surface area contributed by atoms with Gasteiger partial charge in [-0.1, -0.05) is 0 Å². The molecule has 1 aromatic rings. The number of hydrogen-bond acceptors (Lipinski definition) is 5. The van der Waals surface area contributed by atoms with E-state index in [1.165, 1.54) is 13.1 Å². The quantitative estimate of drug-likeness (QED) is 0.761. The second-order valence-corrected chi connectivity index (χ2v) is 5.00. The van der Waals surface area contributed by atoms with Gasteiger partial charge in [0.25, 0.3) is 5.56 Å². The van der Waals surface area contributed by atoms with Crippen molar-refractivity contribution in [2.75, 3.05) is 32.8 Å². The number of rotatable bonds is 4. The Morgan fingerprint density at radius 2 is 2.05 bits per heavy atom. The SMILES string of the molecule is CC(=O)c1c[nH]c(=O)n(C(C)CN2CCOCC2)c1=O. The van der Waals surface area contributed by atoms with Crippen molar-refractivity contribution in [3.8, 4) is 0 Å². The van der Waals surface area contributed by atoms with E-state index < -0.39 is 11.2 Å². The number of nitrogens with zero attached hydrogens (tertiary/aromatic N) is 2. The van der Waals surface area contributed by atoms with Crippen LogP contribution in [0.15, 0.2) is 15.8 Å². The van der Waals surface area contributed by atoms with Crippen LogP contribution in [0, 0.1) is 0 Å². The van der Waals surface area contributed by atoms with Crippen LogP contribution in [-0.2, 0) is 4.74 Å². The van der Waals surface area contributed by atoms with Crippen molar-refractivity contribution < 1.29 is 9.53 Å². The molecule has 7 nitrogen and oxygen atoms in total. The van der Waals surface area contributed by atoms with Gasteiger partial charge in [0.05, 0.1) is 24.8 Å². The molecule has 110 valence electrons. The van der Waals surface area contributed by atoms with Gasteiger partial charge in [-0.25, -0.2) is 4.79 Å². The Hall–Kier alpha value is -1.73. The third-order valence-corrected chi connectivity index (χ3v) is 3.45. The van der Waals surface area contributed by atoms with E-state index in [9.17, 15) is 14.4 Å². The van der Waals surface area contributed by atoms with Crippen molar-refractivity contribution in [2.24, 2.45) is 0 Å². The van der Waals surface area contributed by atoms with Crippen molar-refractivity contribution in [3.63, 3.8) is 0 Å². The predicted molar refractivity (Wildman–Crippen MR) is 73.3 cm³/mol. The fraction of sp³-hybridized carbons (Fsp3) is 0.615. The monoisotopic (exact) mass is 281 g/mol. The molecule has 2 rings (SSSR count). The highest BCUT2D eigenvalue weighted by molar-refractivity contribution is 5.93. The molecule has 1 N–H and O–H groups in total.